The van der Waals surface area contributed by atoms with Gasteiger partial charge in [-0.05, 0) is 48.9 Å². The zero-order valence-electron chi connectivity index (χ0n) is 16.7. The molecule has 4 aromatic rings. The van der Waals surface area contributed by atoms with Crippen molar-refractivity contribution in [2.45, 2.75) is 6.92 Å². The summed E-state index contributed by atoms with van der Waals surface area (Å²) in [5, 5.41) is 5.82. The number of fused-ring (bicyclic) bond motifs is 1. The van der Waals surface area contributed by atoms with Gasteiger partial charge in [0, 0.05) is 20.8 Å². The minimum absolute atomic E-state index is 0.155. The first-order valence-corrected chi connectivity index (χ1v) is 11.1. The molecule has 2 aromatic carbocycles. The fraction of sp³-hybridized carbons (Fsp3) is 0.130. The van der Waals surface area contributed by atoms with Gasteiger partial charge in [-0.2, -0.15) is 0 Å². The van der Waals surface area contributed by atoms with E-state index in [1.807, 2.05) is 41.8 Å². The SMILES string of the molecule is CCOC(=O)c1c(-c2ccc(OC)cc2)csc1NC(=O)c1cc2cc(Br)ccc2o1. The first-order valence-electron chi connectivity index (χ1n) is 9.43. The number of furan rings is 1. The van der Waals surface area contributed by atoms with Crippen molar-refractivity contribution in [2.75, 3.05) is 19.0 Å². The van der Waals surface area contributed by atoms with E-state index in [-0.39, 0.29) is 12.4 Å². The van der Waals surface area contributed by atoms with Crippen LogP contribution in [0.4, 0.5) is 5.00 Å². The van der Waals surface area contributed by atoms with Crippen LogP contribution >= 0.6 is 27.3 Å². The lowest BCUT2D eigenvalue weighted by Gasteiger charge is -2.08. The quantitative estimate of drug-likeness (QED) is 0.312. The maximum atomic E-state index is 12.9. The third-order valence-corrected chi connectivity index (χ3v) is 5.99. The Morgan fingerprint density at radius 2 is 1.90 bits per heavy atom. The van der Waals surface area contributed by atoms with Crippen LogP contribution in [0.2, 0.25) is 0 Å². The molecule has 1 amide bonds. The van der Waals surface area contributed by atoms with Crippen LogP contribution in [-0.4, -0.2) is 25.6 Å². The molecular formula is C23H18BrNO5S. The summed E-state index contributed by atoms with van der Waals surface area (Å²) in [6.45, 7) is 1.96. The minimum atomic E-state index is -0.501. The molecule has 2 heterocycles. The summed E-state index contributed by atoms with van der Waals surface area (Å²) in [5.41, 5.74) is 2.40. The van der Waals surface area contributed by atoms with Crippen molar-refractivity contribution in [2.24, 2.45) is 0 Å². The lowest BCUT2D eigenvalue weighted by Crippen LogP contribution is -2.14. The van der Waals surface area contributed by atoms with Gasteiger partial charge in [0.1, 0.15) is 21.9 Å². The molecule has 0 bridgehead atoms. The van der Waals surface area contributed by atoms with Gasteiger partial charge in [0.25, 0.3) is 5.91 Å². The van der Waals surface area contributed by atoms with Gasteiger partial charge >= 0.3 is 5.97 Å². The summed E-state index contributed by atoms with van der Waals surface area (Å²) >= 11 is 4.66. The van der Waals surface area contributed by atoms with E-state index >= 15 is 0 Å². The summed E-state index contributed by atoms with van der Waals surface area (Å²) in [4.78, 5) is 25.6. The average Bonchev–Trinajstić information content (AvgIpc) is 3.38. The van der Waals surface area contributed by atoms with Gasteiger partial charge in [-0.3, -0.25) is 4.79 Å². The Bertz CT molecular complexity index is 1260. The lowest BCUT2D eigenvalue weighted by atomic mass is 10.0. The highest BCUT2D eigenvalue weighted by Gasteiger charge is 2.24. The second-order valence-corrected chi connectivity index (χ2v) is 8.34. The number of hydrogen-bond donors (Lipinski definition) is 1. The molecule has 0 unspecified atom stereocenters. The van der Waals surface area contributed by atoms with Gasteiger partial charge in [0.15, 0.2) is 5.76 Å². The molecule has 1 N–H and O–H groups in total. The Balaban J connectivity index is 1.68. The van der Waals surface area contributed by atoms with Crippen molar-refractivity contribution < 1.29 is 23.5 Å². The number of halogens is 1. The third kappa shape index (κ3) is 4.35. The van der Waals surface area contributed by atoms with Crippen LogP contribution in [0.3, 0.4) is 0 Å². The maximum absolute atomic E-state index is 12.9. The minimum Gasteiger partial charge on any atom is -0.497 e. The van der Waals surface area contributed by atoms with Crippen LogP contribution in [0.15, 0.2) is 62.8 Å². The first-order chi connectivity index (χ1) is 15.0. The number of hydrogen-bond acceptors (Lipinski definition) is 6. The third-order valence-electron chi connectivity index (χ3n) is 4.60. The Hall–Kier alpha value is -3.10. The maximum Gasteiger partial charge on any atom is 0.341 e. The van der Waals surface area contributed by atoms with E-state index in [9.17, 15) is 9.59 Å². The van der Waals surface area contributed by atoms with Crippen molar-refractivity contribution >= 4 is 55.1 Å². The molecule has 0 atom stereocenters. The van der Waals surface area contributed by atoms with Crippen LogP contribution in [0.5, 0.6) is 5.75 Å². The topological polar surface area (TPSA) is 77.8 Å². The van der Waals surface area contributed by atoms with Gasteiger partial charge in [-0.1, -0.05) is 28.1 Å². The zero-order valence-corrected chi connectivity index (χ0v) is 19.1. The Labute approximate surface area is 190 Å². The second kappa shape index (κ2) is 8.95. The number of carbonyl (C=O) groups excluding carboxylic acids is 2. The molecule has 31 heavy (non-hydrogen) atoms. The fourth-order valence-electron chi connectivity index (χ4n) is 3.13. The van der Waals surface area contributed by atoms with Gasteiger partial charge in [0.05, 0.1) is 13.7 Å². The number of benzene rings is 2. The largest absolute Gasteiger partial charge is 0.497 e. The molecule has 2 aromatic heterocycles. The molecule has 6 nitrogen and oxygen atoms in total. The van der Waals surface area contributed by atoms with E-state index in [0.717, 1.165) is 15.4 Å². The van der Waals surface area contributed by atoms with Crippen LogP contribution < -0.4 is 10.1 Å². The van der Waals surface area contributed by atoms with Crippen molar-refractivity contribution in [3.63, 3.8) is 0 Å². The molecule has 4 rings (SSSR count). The normalized spacial score (nSPS) is 10.8. The molecule has 158 valence electrons. The highest BCUT2D eigenvalue weighted by molar-refractivity contribution is 9.10. The summed E-state index contributed by atoms with van der Waals surface area (Å²) in [6.07, 6.45) is 0. The van der Waals surface area contributed by atoms with Crippen molar-refractivity contribution in [3.8, 4) is 16.9 Å². The zero-order chi connectivity index (χ0) is 22.0. The average molecular weight is 500 g/mol. The van der Waals surface area contributed by atoms with Gasteiger partial charge < -0.3 is 19.2 Å². The number of anilines is 1. The van der Waals surface area contributed by atoms with Crippen molar-refractivity contribution in [1.82, 2.24) is 0 Å². The number of carbonyl (C=O) groups is 2. The Morgan fingerprint density at radius 3 is 2.61 bits per heavy atom. The van der Waals surface area contributed by atoms with Crippen molar-refractivity contribution in [3.05, 3.63) is 69.7 Å². The predicted octanol–water partition coefficient (Wildman–Crippen LogP) is 6.36. The smallest absolute Gasteiger partial charge is 0.341 e. The predicted molar refractivity (Wildman–Crippen MR) is 124 cm³/mol. The molecule has 8 heteroatoms. The molecule has 0 aliphatic heterocycles. The number of amides is 1. The standard InChI is InChI=1S/C23H18BrNO5S/c1-3-29-23(27)20-17(13-4-7-16(28-2)8-5-13)12-31-22(20)25-21(26)19-11-14-10-15(24)6-9-18(14)30-19/h4-12H,3H2,1-2H3,(H,25,26). The van der Waals surface area contributed by atoms with Crippen molar-refractivity contribution in [1.29, 1.82) is 0 Å². The highest BCUT2D eigenvalue weighted by Crippen LogP contribution is 2.37. The highest BCUT2D eigenvalue weighted by atomic mass is 79.9. The van der Waals surface area contributed by atoms with Crippen LogP contribution in [-0.2, 0) is 4.74 Å². The van der Waals surface area contributed by atoms with E-state index in [4.69, 9.17) is 13.9 Å². The number of methoxy groups -OCH3 is 1. The Morgan fingerprint density at radius 1 is 1.13 bits per heavy atom. The van der Waals surface area contributed by atoms with Gasteiger partial charge in [-0.25, -0.2) is 4.79 Å². The number of ether oxygens (including phenoxy) is 2. The van der Waals surface area contributed by atoms with E-state index in [1.165, 1.54) is 11.3 Å². The van der Waals surface area contributed by atoms with Gasteiger partial charge in [-0.15, -0.1) is 11.3 Å². The van der Waals surface area contributed by atoms with E-state index < -0.39 is 11.9 Å². The monoisotopic (exact) mass is 499 g/mol. The lowest BCUT2D eigenvalue weighted by molar-refractivity contribution is 0.0529. The van der Waals surface area contributed by atoms with Gasteiger partial charge in [0.2, 0.25) is 0 Å². The molecule has 0 aliphatic carbocycles. The number of thiophene rings is 1. The van der Waals surface area contributed by atoms with Crippen LogP contribution in [0.1, 0.15) is 27.8 Å². The molecular weight excluding hydrogens is 482 g/mol. The van der Waals surface area contributed by atoms with E-state index in [1.54, 1.807) is 26.2 Å². The molecule has 0 aliphatic rings. The van der Waals surface area contributed by atoms with Crippen LogP contribution in [0, 0.1) is 0 Å². The molecule has 0 spiro atoms. The summed E-state index contributed by atoms with van der Waals surface area (Å²) in [5.74, 6) is -0.0802. The molecule has 0 saturated heterocycles. The number of esters is 1. The molecule has 0 radical (unpaired) electrons. The first kappa shape index (κ1) is 21.1. The van der Waals surface area contributed by atoms with E-state index in [0.29, 0.717) is 27.5 Å². The Kier molecular flexibility index (Phi) is 6.11. The summed E-state index contributed by atoms with van der Waals surface area (Å²) in [7, 11) is 1.59. The van der Waals surface area contributed by atoms with E-state index in [2.05, 4.69) is 21.2 Å². The second-order valence-electron chi connectivity index (χ2n) is 6.55. The van der Waals surface area contributed by atoms with Crippen LogP contribution in [0.25, 0.3) is 22.1 Å². The summed E-state index contributed by atoms with van der Waals surface area (Å²) < 4.78 is 17.0. The number of nitrogens with one attached hydrogen (secondary N) is 1. The molecule has 0 fully saturated rings. The number of rotatable bonds is 6. The fourth-order valence-corrected chi connectivity index (χ4v) is 4.46. The molecule has 0 saturated carbocycles. The summed E-state index contributed by atoms with van der Waals surface area (Å²) in [6, 6.07) is 14.5.